The number of fused-ring (bicyclic) bond motifs is 1. The second-order valence-corrected chi connectivity index (χ2v) is 2.82. The van der Waals surface area contributed by atoms with E-state index in [1.165, 1.54) is 5.56 Å². The van der Waals surface area contributed by atoms with Gasteiger partial charge in [0.25, 0.3) is 0 Å². The van der Waals surface area contributed by atoms with Crippen LogP contribution in [0, 0.1) is 5.92 Å². The lowest BCUT2D eigenvalue weighted by molar-refractivity contribution is 0.556. The Bertz CT molecular complexity index is 276. The topological polar surface area (TPSA) is 13.1 Å². The molecule has 1 aliphatic carbocycles. The van der Waals surface area contributed by atoms with Crippen molar-refractivity contribution < 1.29 is 4.42 Å². The van der Waals surface area contributed by atoms with E-state index >= 15 is 0 Å². The van der Waals surface area contributed by atoms with Crippen molar-refractivity contribution in [2.45, 2.75) is 6.92 Å². The summed E-state index contributed by atoms with van der Waals surface area (Å²) in [6.07, 6.45) is 10.1. The molecule has 0 aromatic carbocycles. The van der Waals surface area contributed by atoms with Crippen LogP contribution in [0.5, 0.6) is 0 Å². The molecule has 0 saturated carbocycles. The van der Waals surface area contributed by atoms with Gasteiger partial charge in [0.1, 0.15) is 5.76 Å². The van der Waals surface area contributed by atoms with Crippen molar-refractivity contribution in [1.82, 2.24) is 0 Å². The van der Waals surface area contributed by atoms with Crippen LogP contribution in [0.25, 0.3) is 12.2 Å². The number of hydrogen-bond donors (Lipinski definition) is 0. The Balaban J connectivity index is 2.48. The van der Waals surface area contributed by atoms with Crippen LogP contribution in [-0.2, 0) is 0 Å². The standard InChI is InChI=1S/C10H10O/c1-8-2-4-9-6-7-11-10(9)5-3-8/h2-8H,1H3. The first-order valence-electron chi connectivity index (χ1n) is 3.80. The summed E-state index contributed by atoms with van der Waals surface area (Å²) in [5.41, 5.74) is 1.17. The van der Waals surface area contributed by atoms with E-state index in [9.17, 15) is 0 Å². The molecule has 11 heavy (non-hydrogen) atoms. The molecular formula is C10H10O. The Labute approximate surface area is 66.0 Å². The van der Waals surface area contributed by atoms with Crippen LogP contribution in [0.1, 0.15) is 18.2 Å². The van der Waals surface area contributed by atoms with Gasteiger partial charge in [-0.2, -0.15) is 0 Å². The normalized spacial score (nSPS) is 21.4. The molecule has 0 amide bonds. The van der Waals surface area contributed by atoms with Crippen molar-refractivity contribution in [2.24, 2.45) is 5.92 Å². The predicted molar refractivity (Wildman–Crippen MR) is 45.9 cm³/mol. The van der Waals surface area contributed by atoms with E-state index in [1.54, 1.807) is 6.26 Å². The molecule has 1 aliphatic rings. The van der Waals surface area contributed by atoms with Gasteiger partial charge in [-0.25, -0.2) is 0 Å². The Morgan fingerprint density at radius 3 is 3.00 bits per heavy atom. The van der Waals surface area contributed by atoms with E-state index in [0.717, 1.165) is 5.76 Å². The smallest absolute Gasteiger partial charge is 0.133 e. The highest BCUT2D eigenvalue weighted by molar-refractivity contribution is 5.63. The van der Waals surface area contributed by atoms with Crippen LogP contribution >= 0.6 is 0 Å². The van der Waals surface area contributed by atoms with E-state index in [-0.39, 0.29) is 0 Å². The minimum atomic E-state index is 0.512. The molecule has 1 atom stereocenters. The van der Waals surface area contributed by atoms with Crippen LogP contribution in [-0.4, -0.2) is 0 Å². The van der Waals surface area contributed by atoms with Gasteiger partial charge >= 0.3 is 0 Å². The van der Waals surface area contributed by atoms with Crippen molar-refractivity contribution in [3.8, 4) is 0 Å². The molecule has 1 aromatic rings. The van der Waals surface area contributed by atoms with E-state index < -0.39 is 0 Å². The van der Waals surface area contributed by atoms with E-state index in [4.69, 9.17) is 4.42 Å². The van der Waals surface area contributed by atoms with Crippen molar-refractivity contribution in [3.63, 3.8) is 0 Å². The SMILES string of the molecule is CC1C=Cc2ccoc2C=C1. The average Bonchev–Trinajstić information content (AvgIpc) is 2.38. The molecule has 1 nitrogen and oxygen atoms in total. The number of furan rings is 1. The maximum atomic E-state index is 5.25. The van der Waals surface area contributed by atoms with Gasteiger partial charge in [-0.1, -0.05) is 25.2 Å². The molecule has 0 N–H and O–H groups in total. The molecule has 0 radical (unpaired) electrons. The van der Waals surface area contributed by atoms with Gasteiger partial charge in [0.2, 0.25) is 0 Å². The first kappa shape index (κ1) is 6.47. The monoisotopic (exact) mass is 146 g/mol. The third-order valence-corrected chi connectivity index (χ3v) is 1.86. The summed E-state index contributed by atoms with van der Waals surface area (Å²) in [6.45, 7) is 2.15. The molecule has 56 valence electrons. The number of hydrogen-bond acceptors (Lipinski definition) is 1. The zero-order valence-electron chi connectivity index (χ0n) is 6.45. The van der Waals surface area contributed by atoms with Crippen molar-refractivity contribution in [2.75, 3.05) is 0 Å². The van der Waals surface area contributed by atoms with Crippen molar-refractivity contribution in [1.29, 1.82) is 0 Å². The third-order valence-electron chi connectivity index (χ3n) is 1.86. The zero-order valence-corrected chi connectivity index (χ0v) is 6.45. The van der Waals surface area contributed by atoms with Crippen molar-refractivity contribution >= 4 is 12.2 Å². The predicted octanol–water partition coefficient (Wildman–Crippen LogP) is 2.96. The Hall–Kier alpha value is -1.24. The van der Waals surface area contributed by atoms with E-state index in [0.29, 0.717) is 5.92 Å². The Morgan fingerprint density at radius 2 is 2.09 bits per heavy atom. The van der Waals surface area contributed by atoms with Gasteiger partial charge in [-0.3, -0.25) is 0 Å². The molecule has 0 fully saturated rings. The second-order valence-electron chi connectivity index (χ2n) is 2.82. The van der Waals surface area contributed by atoms with Crippen LogP contribution < -0.4 is 0 Å². The average molecular weight is 146 g/mol. The zero-order chi connectivity index (χ0) is 7.68. The van der Waals surface area contributed by atoms with Gasteiger partial charge in [0, 0.05) is 5.56 Å². The largest absolute Gasteiger partial charge is 0.464 e. The molecule has 0 aliphatic heterocycles. The lowest BCUT2D eigenvalue weighted by Crippen LogP contribution is -1.77. The van der Waals surface area contributed by atoms with Crippen molar-refractivity contribution in [3.05, 3.63) is 35.8 Å². The summed E-state index contributed by atoms with van der Waals surface area (Å²) in [5.74, 6) is 1.48. The first-order valence-corrected chi connectivity index (χ1v) is 3.80. The molecule has 1 aromatic heterocycles. The van der Waals surface area contributed by atoms with Crippen LogP contribution in [0.15, 0.2) is 28.9 Å². The summed E-state index contributed by atoms with van der Waals surface area (Å²) in [7, 11) is 0. The molecule has 2 rings (SSSR count). The highest BCUT2D eigenvalue weighted by Gasteiger charge is 2.03. The maximum Gasteiger partial charge on any atom is 0.133 e. The van der Waals surface area contributed by atoms with E-state index in [2.05, 4.69) is 25.2 Å². The van der Waals surface area contributed by atoms with Gasteiger partial charge in [-0.05, 0) is 18.1 Å². The summed E-state index contributed by atoms with van der Waals surface area (Å²) in [4.78, 5) is 0. The van der Waals surface area contributed by atoms with Crippen LogP contribution in [0.2, 0.25) is 0 Å². The second kappa shape index (κ2) is 2.42. The van der Waals surface area contributed by atoms with E-state index in [1.807, 2.05) is 12.1 Å². The van der Waals surface area contributed by atoms with Gasteiger partial charge in [0.15, 0.2) is 0 Å². The van der Waals surface area contributed by atoms with Crippen LogP contribution in [0.3, 0.4) is 0 Å². The maximum absolute atomic E-state index is 5.25. The minimum Gasteiger partial charge on any atom is -0.464 e. The highest BCUT2D eigenvalue weighted by atomic mass is 16.3. The Morgan fingerprint density at radius 1 is 1.27 bits per heavy atom. The highest BCUT2D eigenvalue weighted by Crippen LogP contribution is 2.19. The lowest BCUT2D eigenvalue weighted by atomic mass is 10.1. The molecule has 0 saturated heterocycles. The Kier molecular flexibility index (Phi) is 1.42. The first-order chi connectivity index (χ1) is 5.36. The lowest BCUT2D eigenvalue weighted by Gasteiger charge is -1.91. The summed E-state index contributed by atoms with van der Waals surface area (Å²) >= 11 is 0. The molecular weight excluding hydrogens is 136 g/mol. The van der Waals surface area contributed by atoms with Gasteiger partial charge in [0.05, 0.1) is 6.26 Å². The molecule has 1 heterocycles. The molecule has 0 bridgehead atoms. The van der Waals surface area contributed by atoms with Gasteiger partial charge < -0.3 is 4.42 Å². The number of rotatable bonds is 0. The molecule has 1 heteroatoms. The minimum absolute atomic E-state index is 0.512. The quantitative estimate of drug-likeness (QED) is 0.548. The molecule has 0 spiro atoms. The summed E-state index contributed by atoms with van der Waals surface area (Å²) < 4.78 is 5.25. The van der Waals surface area contributed by atoms with Crippen LogP contribution in [0.4, 0.5) is 0 Å². The fraction of sp³-hybridized carbons (Fsp3) is 0.200. The molecule has 1 unspecified atom stereocenters. The fourth-order valence-corrected chi connectivity index (χ4v) is 1.16. The van der Waals surface area contributed by atoms with Gasteiger partial charge in [-0.15, -0.1) is 0 Å². The summed E-state index contributed by atoms with van der Waals surface area (Å²) in [5, 5.41) is 0. The number of allylic oxidation sites excluding steroid dienone is 2. The fourth-order valence-electron chi connectivity index (χ4n) is 1.16. The summed E-state index contributed by atoms with van der Waals surface area (Å²) in [6, 6.07) is 1.98. The third kappa shape index (κ3) is 1.14.